The lowest BCUT2D eigenvalue weighted by molar-refractivity contribution is -0.150. The van der Waals surface area contributed by atoms with Crippen molar-refractivity contribution in [2.24, 2.45) is 0 Å². The number of carbonyl (C=O) groups excluding carboxylic acids is 1. The zero-order chi connectivity index (χ0) is 18.3. The Labute approximate surface area is 149 Å². The highest BCUT2D eigenvalue weighted by atomic mass is 16.4. The molecular weight excluding hydrogens is 334 g/mol. The van der Waals surface area contributed by atoms with Gasteiger partial charge >= 0.3 is 5.97 Å². The van der Waals surface area contributed by atoms with Gasteiger partial charge in [0, 0.05) is 31.7 Å². The Morgan fingerprint density at radius 2 is 1.96 bits per heavy atom. The second-order valence-corrected chi connectivity index (χ2v) is 6.56. The molecule has 134 valence electrons. The minimum atomic E-state index is -1.06. The summed E-state index contributed by atoms with van der Waals surface area (Å²) in [6.45, 7) is 2.53. The molecule has 0 aromatic carbocycles. The van der Waals surface area contributed by atoms with Crippen molar-refractivity contribution in [2.75, 3.05) is 13.1 Å². The molecule has 4 rings (SSSR count). The van der Waals surface area contributed by atoms with E-state index in [1.807, 2.05) is 18.2 Å². The van der Waals surface area contributed by atoms with Crippen molar-refractivity contribution >= 4 is 17.4 Å². The molecule has 4 heterocycles. The number of hydrogen-bond donors (Lipinski definition) is 1. The number of likely N-dealkylation sites (tertiary alicyclic amines) is 1. The summed E-state index contributed by atoms with van der Waals surface area (Å²) >= 11 is 0. The van der Waals surface area contributed by atoms with Gasteiger partial charge in [-0.2, -0.15) is 5.10 Å². The largest absolute Gasteiger partial charge is 0.479 e. The minimum Gasteiger partial charge on any atom is -0.479 e. The van der Waals surface area contributed by atoms with Crippen molar-refractivity contribution in [3.05, 3.63) is 54.4 Å². The number of carboxylic acids is 1. The molecule has 0 bridgehead atoms. The van der Waals surface area contributed by atoms with Crippen molar-refractivity contribution in [1.29, 1.82) is 0 Å². The van der Waals surface area contributed by atoms with Gasteiger partial charge in [-0.05, 0) is 31.9 Å². The van der Waals surface area contributed by atoms with Crippen LogP contribution >= 0.6 is 0 Å². The molecule has 0 radical (unpaired) electrons. The molecule has 1 N–H and O–H groups in total. The summed E-state index contributed by atoms with van der Waals surface area (Å²) in [6.07, 6.45) is 7.34. The van der Waals surface area contributed by atoms with E-state index in [9.17, 15) is 14.7 Å². The van der Waals surface area contributed by atoms with Crippen LogP contribution in [0.1, 0.15) is 29.0 Å². The van der Waals surface area contributed by atoms with Crippen molar-refractivity contribution in [1.82, 2.24) is 24.1 Å². The number of carboxylic acid groups (broad SMARTS) is 1. The quantitative estimate of drug-likeness (QED) is 0.771. The predicted molar refractivity (Wildman–Crippen MR) is 92.9 cm³/mol. The zero-order valence-corrected chi connectivity index (χ0v) is 14.4. The number of amides is 1. The number of piperidine rings is 1. The molecule has 1 saturated heterocycles. The van der Waals surface area contributed by atoms with E-state index in [4.69, 9.17) is 0 Å². The number of carbonyl (C=O) groups is 2. The molecule has 26 heavy (non-hydrogen) atoms. The van der Waals surface area contributed by atoms with Crippen LogP contribution in [0.25, 0.3) is 5.52 Å². The summed E-state index contributed by atoms with van der Waals surface area (Å²) in [5.74, 6) is -0.343. The van der Waals surface area contributed by atoms with Crippen molar-refractivity contribution in [3.8, 4) is 0 Å². The second-order valence-electron chi connectivity index (χ2n) is 6.56. The molecule has 1 aliphatic rings. The first-order chi connectivity index (χ1) is 12.5. The molecule has 8 heteroatoms. The summed E-state index contributed by atoms with van der Waals surface area (Å²) < 4.78 is 3.38. The van der Waals surface area contributed by atoms with Gasteiger partial charge in [0.15, 0.2) is 0 Å². The van der Waals surface area contributed by atoms with E-state index in [0.717, 1.165) is 5.52 Å². The molecule has 1 fully saturated rings. The number of aromatic nitrogens is 4. The first kappa shape index (κ1) is 16.3. The van der Waals surface area contributed by atoms with Gasteiger partial charge in [0.05, 0.1) is 17.3 Å². The highest BCUT2D eigenvalue weighted by Gasteiger charge is 2.45. The van der Waals surface area contributed by atoms with Gasteiger partial charge in [-0.15, -0.1) is 0 Å². The molecule has 0 aliphatic carbocycles. The first-order valence-corrected chi connectivity index (χ1v) is 8.48. The zero-order valence-electron chi connectivity index (χ0n) is 14.4. The third kappa shape index (κ3) is 2.37. The lowest BCUT2D eigenvalue weighted by atomic mass is 9.86. The van der Waals surface area contributed by atoms with E-state index in [1.54, 1.807) is 45.7 Å². The second kappa shape index (κ2) is 5.98. The molecule has 3 aromatic rings. The standard InChI is InChI=1S/C18H19N5O3/c1-13-19-7-11-22(13)18(17(25)26)5-9-21(10-6-18)16(24)14-12-20-23-8-3-2-4-15(14)23/h2-4,7-8,11-12H,5-6,9-10H2,1H3,(H,25,26). The molecule has 0 unspecified atom stereocenters. The van der Waals surface area contributed by atoms with Gasteiger partial charge in [0.1, 0.15) is 11.4 Å². The summed E-state index contributed by atoms with van der Waals surface area (Å²) in [6, 6.07) is 5.56. The maximum atomic E-state index is 12.9. The van der Waals surface area contributed by atoms with E-state index in [2.05, 4.69) is 10.1 Å². The summed E-state index contributed by atoms with van der Waals surface area (Å²) in [5, 5.41) is 14.1. The van der Waals surface area contributed by atoms with E-state index in [0.29, 0.717) is 37.3 Å². The van der Waals surface area contributed by atoms with Crippen LogP contribution in [0.2, 0.25) is 0 Å². The fourth-order valence-electron chi connectivity index (χ4n) is 3.74. The Morgan fingerprint density at radius 3 is 2.62 bits per heavy atom. The van der Waals surface area contributed by atoms with E-state index in [-0.39, 0.29) is 5.91 Å². The van der Waals surface area contributed by atoms with Crippen molar-refractivity contribution in [3.63, 3.8) is 0 Å². The number of rotatable bonds is 3. The molecule has 0 saturated carbocycles. The number of imidazole rings is 1. The predicted octanol–water partition coefficient (Wildman–Crippen LogP) is 1.56. The number of fused-ring (bicyclic) bond motifs is 1. The van der Waals surface area contributed by atoms with Gasteiger partial charge in [-0.3, -0.25) is 4.79 Å². The first-order valence-electron chi connectivity index (χ1n) is 8.48. The van der Waals surface area contributed by atoms with Crippen LogP contribution in [0.5, 0.6) is 0 Å². The average Bonchev–Trinajstić information content (AvgIpc) is 3.27. The van der Waals surface area contributed by atoms with E-state index >= 15 is 0 Å². The van der Waals surface area contributed by atoms with Gasteiger partial charge in [0.2, 0.25) is 0 Å². The van der Waals surface area contributed by atoms with Gasteiger partial charge in [-0.1, -0.05) is 6.07 Å². The molecule has 0 spiro atoms. The molecule has 0 atom stereocenters. The summed E-state index contributed by atoms with van der Waals surface area (Å²) in [7, 11) is 0. The Bertz CT molecular complexity index is 982. The van der Waals surface area contributed by atoms with Gasteiger partial charge in [0.25, 0.3) is 5.91 Å². The lowest BCUT2D eigenvalue weighted by Gasteiger charge is -2.40. The van der Waals surface area contributed by atoms with Crippen LogP contribution < -0.4 is 0 Å². The Kier molecular flexibility index (Phi) is 3.75. The molecule has 3 aromatic heterocycles. The van der Waals surface area contributed by atoms with Crippen LogP contribution in [0.15, 0.2) is 43.0 Å². The van der Waals surface area contributed by atoms with Crippen LogP contribution in [0.4, 0.5) is 0 Å². The Morgan fingerprint density at radius 1 is 1.19 bits per heavy atom. The molecule has 8 nitrogen and oxygen atoms in total. The molecular formula is C18H19N5O3. The van der Waals surface area contributed by atoms with Gasteiger partial charge in [-0.25, -0.2) is 14.3 Å². The van der Waals surface area contributed by atoms with Crippen molar-refractivity contribution < 1.29 is 14.7 Å². The van der Waals surface area contributed by atoms with Crippen molar-refractivity contribution in [2.45, 2.75) is 25.3 Å². The van der Waals surface area contributed by atoms with Crippen LogP contribution in [0.3, 0.4) is 0 Å². The smallest absolute Gasteiger partial charge is 0.330 e. The maximum absolute atomic E-state index is 12.9. The van der Waals surface area contributed by atoms with E-state index in [1.165, 1.54) is 0 Å². The monoisotopic (exact) mass is 353 g/mol. The fraction of sp³-hybridized carbons (Fsp3) is 0.333. The third-order valence-corrected chi connectivity index (χ3v) is 5.22. The van der Waals surface area contributed by atoms with Crippen LogP contribution in [0, 0.1) is 6.92 Å². The highest BCUT2D eigenvalue weighted by molar-refractivity contribution is 6.00. The number of hydrogen-bond acceptors (Lipinski definition) is 4. The summed E-state index contributed by atoms with van der Waals surface area (Å²) in [5.41, 5.74) is 0.226. The number of pyridine rings is 1. The SMILES string of the molecule is Cc1nccn1C1(C(=O)O)CCN(C(=O)c2cnn3ccccc23)CC1. The normalized spacial score (nSPS) is 16.7. The number of aryl methyl sites for hydroxylation is 1. The Hall–Kier alpha value is -3.16. The third-order valence-electron chi connectivity index (χ3n) is 5.22. The van der Waals surface area contributed by atoms with Crippen LogP contribution in [-0.2, 0) is 10.3 Å². The van der Waals surface area contributed by atoms with Crippen LogP contribution in [-0.4, -0.2) is 54.1 Å². The molecule has 1 amide bonds. The lowest BCUT2D eigenvalue weighted by Crippen LogP contribution is -2.52. The topological polar surface area (TPSA) is 92.7 Å². The highest BCUT2D eigenvalue weighted by Crippen LogP contribution is 2.32. The summed E-state index contributed by atoms with van der Waals surface area (Å²) in [4.78, 5) is 30.8. The Balaban J connectivity index is 1.59. The maximum Gasteiger partial charge on any atom is 0.330 e. The number of nitrogens with zero attached hydrogens (tertiary/aromatic N) is 5. The fourth-order valence-corrected chi connectivity index (χ4v) is 3.74. The minimum absolute atomic E-state index is 0.118. The van der Waals surface area contributed by atoms with E-state index < -0.39 is 11.5 Å². The molecule has 1 aliphatic heterocycles. The average molecular weight is 353 g/mol. The number of aliphatic carboxylic acids is 1. The van der Waals surface area contributed by atoms with Gasteiger partial charge < -0.3 is 14.6 Å².